The third-order valence-corrected chi connectivity index (χ3v) is 3.78. The van der Waals surface area contributed by atoms with Crippen LogP contribution in [0.1, 0.15) is 11.5 Å². The van der Waals surface area contributed by atoms with Crippen LogP contribution < -0.4 is 0 Å². The molecule has 108 valence electrons. The van der Waals surface area contributed by atoms with Crippen molar-refractivity contribution in [1.29, 1.82) is 5.26 Å². The fourth-order valence-corrected chi connectivity index (χ4v) is 2.67. The summed E-state index contributed by atoms with van der Waals surface area (Å²) in [5, 5.41) is 13.2. The van der Waals surface area contributed by atoms with E-state index in [4.69, 9.17) is 0 Å². The highest BCUT2D eigenvalue weighted by Gasteiger charge is 2.14. The van der Waals surface area contributed by atoms with Crippen molar-refractivity contribution in [1.82, 2.24) is 0 Å². The van der Waals surface area contributed by atoms with Crippen molar-refractivity contribution in [2.45, 2.75) is 5.92 Å². The van der Waals surface area contributed by atoms with Crippen LogP contribution >= 0.6 is 11.8 Å². The SMILES string of the molecule is CS(=O)(=O)ON=C1C=CC(=CC(C#N)c2ccccc2)S1. The molecule has 1 unspecified atom stereocenters. The molecule has 2 rings (SSSR count). The molecule has 21 heavy (non-hydrogen) atoms. The lowest BCUT2D eigenvalue weighted by molar-refractivity contribution is 0.345. The Morgan fingerprint density at radius 1 is 1.33 bits per heavy atom. The van der Waals surface area contributed by atoms with Crippen LogP contribution in [0.15, 0.2) is 58.6 Å². The van der Waals surface area contributed by atoms with Gasteiger partial charge in [0.15, 0.2) is 0 Å². The lowest BCUT2D eigenvalue weighted by Gasteiger charge is -2.04. The van der Waals surface area contributed by atoms with Crippen molar-refractivity contribution in [3.63, 3.8) is 0 Å². The molecule has 0 N–H and O–H groups in total. The van der Waals surface area contributed by atoms with Gasteiger partial charge in [-0.3, -0.25) is 4.28 Å². The van der Waals surface area contributed by atoms with Crippen LogP contribution in [0.5, 0.6) is 0 Å². The second-order valence-electron chi connectivity index (χ2n) is 4.23. The number of hydrogen-bond donors (Lipinski definition) is 0. The maximum absolute atomic E-state index is 10.9. The Kier molecular flexibility index (Phi) is 4.83. The molecule has 0 saturated carbocycles. The first kappa shape index (κ1) is 15.4. The van der Waals surface area contributed by atoms with Crippen molar-refractivity contribution in [2.75, 3.05) is 6.26 Å². The van der Waals surface area contributed by atoms with Gasteiger partial charge in [0.25, 0.3) is 0 Å². The highest BCUT2D eigenvalue weighted by molar-refractivity contribution is 8.18. The summed E-state index contributed by atoms with van der Waals surface area (Å²) in [6.45, 7) is 0. The molecule has 0 fully saturated rings. The van der Waals surface area contributed by atoms with Crippen LogP contribution in [0.3, 0.4) is 0 Å². The Morgan fingerprint density at radius 2 is 2.05 bits per heavy atom. The van der Waals surface area contributed by atoms with Gasteiger partial charge < -0.3 is 0 Å². The van der Waals surface area contributed by atoms with Crippen molar-refractivity contribution >= 4 is 26.9 Å². The molecule has 0 amide bonds. The summed E-state index contributed by atoms with van der Waals surface area (Å²) in [6.07, 6.45) is 6.14. The molecular weight excluding hydrogens is 308 g/mol. The lowest BCUT2D eigenvalue weighted by atomic mass is 10.0. The highest BCUT2D eigenvalue weighted by Crippen LogP contribution is 2.30. The first-order valence-corrected chi connectivity index (χ1v) is 8.60. The largest absolute Gasteiger partial charge is 0.325 e. The lowest BCUT2D eigenvalue weighted by Crippen LogP contribution is -1.98. The maximum atomic E-state index is 10.9. The predicted molar refractivity (Wildman–Crippen MR) is 83.0 cm³/mol. The van der Waals surface area contributed by atoms with E-state index >= 15 is 0 Å². The summed E-state index contributed by atoms with van der Waals surface area (Å²) in [7, 11) is -3.61. The number of rotatable bonds is 4. The average Bonchev–Trinajstić information content (AvgIpc) is 2.90. The zero-order valence-electron chi connectivity index (χ0n) is 11.1. The Morgan fingerprint density at radius 3 is 2.67 bits per heavy atom. The molecule has 0 bridgehead atoms. The van der Waals surface area contributed by atoms with Gasteiger partial charge in [0.2, 0.25) is 0 Å². The molecule has 5 nitrogen and oxygen atoms in total. The van der Waals surface area contributed by atoms with E-state index in [1.165, 1.54) is 11.8 Å². The summed E-state index contributed by atoms with van der Waals surface area (Å²) < 4.78 is 26.1. The van der Waals surface area contributed by atoms with Gasteiger partial charge in [-0.05, 0) is 23.8 Å². The third kappa shape index (κ3) is 4.77. The molecule has 0 spiro atoms. The topological polar surface area (TPSA) is 79.5 Å². The number of allylic oxidation sites excluding steroid dienone is 2. The molecule has 1 aromatic rings. The average molecular weight is 320 g/mol. The van der Waals surface area contributed by atoms with E-state index in [1.54, 1.807) is 18.2 Å². The number of benzene rings is 1. The van der Waals surface area contributed by atoms with Crippen molar-refractivity contribution < 1.29 is 12.7 Å². The van der Waals surface area contributed by atoms with Crippen LogP contribution in [0.4, 0.5) is 0 Å². The fourth-order valence-electron chi connectivity index (χ4n) is 1.62. The zero-order chi connectivity index (χ0) is 15.3. The maximum Gasteiger partial charge on any atom is 0.325 e. The van der Waals surface area contributed by atoms with E-state index in [0.29, 0.717) is 5.04 Å². The number of hydrogen-bond acceptors (Lipinski definition) is 6. The Labute approximate surface area is 127 Å². The van der Waals surface area contributed by atoms with Gasteiger partial charge in [-0.15, -0.1) is 0 Å². The van der Waals surface area contributed by atoms with E-state index in [9.17, 15) is 13.7 Å². The highest BCUT2D eigenvalue weighted by atomic mass is 32.2. The normalized spacial score (nSPS) is 19.6. The smallest absolute Gasteiger partial charge is 0.268 e. The second-order valence-corrected chi connectivity index (χ2v) is 6.88. The molecule has 0 aliphatic carbocycles. The Balaban J connectivity index is 2.11. The molecule has 1 heterocycles. The van der Waals surface area contributed by atoms with Gasteiger partial charge in [0.05, 0.1) is 18.2 Å². The van der Waals surface area contributed by atoms with Gasteiger partial charge in [0, 0.05) is 4.91 Å². The molecule has 1 aliphatic heterocycles. The van der Waals surface area contributed by atoms with Crippen molar-refractivity contribution in [3.8, 4) is 6.07 Å². The van der Waals surface area contributed by atoms with Crippen LogP contribution in [0, 0.1) is 11.3 Å². The minimum Gasteiger partial charge on any atom is -0.268 e. The van der Waals surface area contributed by atoms with Gasteiger partial charge in [-0.1, -0.05) is 47.2 Å². The fraction of sp³-hybridized carbons (Fsp3) is 0.143. The first-order chi connectivity index (χ1) is 9.98. The molecule has 0 radical (unpaired) electrons. The minimum absolute atomic E-state index is 0.367. The van der Waals surface area contributed by atoms with Crippen molar-refractivity contribution in [3.05, 3.63) is 59.0 Å². The summed E-state index contributed by atoms with van der Waals surface area (Å²) in [5.41, 5.74) is 0.902. The van der Waals surface area contributed by atoms with Crippen LogP contribution in [0.2, 0.25) is 0 Å². The molecular formula is C14H12N2O3S2. The third-order valence-electron chi connectivity index (χ3n) is 2.50. The Bertz CT molecular complexity index is 744. The van der Waals surface area contributed by atoms with E-state index in [1.807, 2.05) is 30.3 Å². The molecule has 1 atom stereocenters. The van der Waals surface area contributed by atoms with Crippen LogP contribution in [-0.4, -0.2) is 19.7 Å². The molecule has 1 aromatic carbocycles. The van der Waals surface area contributed by atoms with E-state index in [2.05, 4.69) is 15.5 Å². The van der Waals surface area contributed by atoms with E-state index < -0.39 is 10.1 Å². The van der Waals surface area contributed by atoms with Gasteiger partial charge in [-0.25, -0.2) is 0 Å². The molecule has 1 aliphatic rings. The summed E-state index contributed by atoms with van der Waals surface area (Å²) >= 11 is 1.25. The van der Waals surface area contributed by atoms with Gasteiger partial charge in [-0.2, -0.15) is 13.7 Å². The molecule has 0 saturated heterocycles. The predicted octanol–water partition coefficient (Wildman–Crippen LogP) is 2.77. The van der Waals surface area contributed by atoms with Gasteiger partial charge >= 0.3 is 10.1 Å². The monoisotopic (exact) mass is 320 g/mol. The van der Waals surface area contributed by atoms with Crippen LogP contribution in [0.25, 0.3) is 0 Å². The van der Waals surface area contributed by atoms with Gasteiger partial charge in [0.1, 0.15) is 5.04 Å². The first-order valence-electron chi connectivity index (χ1n) is 5.97. The van der Waals surface area contributed by atoms with Crippen molar-refractivity contribution in [2.24, 2.45) is 5.16 Å². The molecule has 0 aromatic heterocycles. The zero-order valence-corrected chi connectivity index (χ0v) is 12.8. The minimum atomic E-state index is -3.61. The number of nitrogens with zero attached hydrogens (tertiary/aromatic N) is 2. The summed E-state index contributed by atoms with van der Waals surface area (Å²) in [6, 6.07) is 11.6. The second kappa shape index (κ2) is 6.61. The number of oxime groups is 1. The quantitative estimate of drug-likeness (QED) is 0.797. The number of thioether (sulfide) groups is 1. The molecule has 7 heteroatoms. The summed E-state index contributed by atoms with van der Waals surface area (Å²) in [5.74, 6) is -0.367. The number of nitriles is 1. The van der Waals surface area contributed by atoms with E-state index in [-0.39, 0.29) is 5.92 Å². The van der Waals surface area contributed by atoms with E-state index in [0.717, 1.165) is 16.7 Å². The van der Waals surface area contributed by atoms with Crippen LogP contribution in [-0.2, 0) is 14.4 Å². The Hall–Kier alpha value is -2.04. The standard InChI is InChI=1S/C14H12N2O3S2/c1-21(17,18)19-16-14-8-7-13(20-14)9-12(10-15)11-5-3-2-4-6-11/h2-9,12H,1H3. The summed E-state index contributed by atoms with van der Waals surface area (Å²) in [4.78, 5) is 0.821.